The number of esters is 1. The molecule has 1 rings (SSSR count). The Labute approximate surface area is 127 Å². The lowest BCUT2D eigenvalue weighted by Crippen LogP contribution is -2.50. The van der Waals surface area contributed by atoms with Crippen LogP contribution < -0.4 is 0 Å². The van der Waals surface area contributed by atoms with E-state index in [2.05, 4.69) is 6.58 Å². The quantitative estimate of drug-likeness (QED) is 0.642. The highest BCUT2D eigenvalue weighted by Gasteiger charge is 2.47. The topological polar surface area (TPSA) is 46.5 Å². The standard InChI is InChI=1S/C18H24O3/c1-6-17(4,5)18(20,16(19)21-14(2)3)13-12-15-10-8-7-9-11-15/h6-14,20H,1H2,2-5H3/b13-12+/t18-/m0/s1. The van der Waals surface area contributed by atoms with Crippen LogP contribution in [0.3, 0.4) is 0 Å². The molecule has 1 aromatic carbocycles. The number of ether oxygens (including phenoxy) is 1. The van der Waals surface area contributed by atoms with E-state index in [0.29, 0.717) is 0 Å². The van der Waals surface area contributed by atoms with Gasteiger partial charge in [0.1, 0.15) is 0 Å². The second kappa shape index (κ2) is 6.72. The summed E-state index contributed by atoms with van der Waals surface area (Å²) >= 11 is 0. The molecule has 0 unspecified atom stereocenters. The van der Waals surface area contributed by atoms with Crippen LogP contribution in [0.15, 0.2) is 49.1 Å². The lowest BCUT2D eigenvalue weighted by molar-refractivity contribution is -0.172. The van der Waals surface area contributed by atoms with E-state index in [-0.39, 0.29) is 6.10 Å². The number of carbonyl (C=O) groups is 1. The van der Waals surface area contributed by atoms with Gasteiger partial charge in [-0.05, 0) is 25.5 Å². The highest BCUT2D eigenvalue weighted by atomic mass is 16.6. The third-order valence-corrected chi connectivity index (χ3v) is 3.46. The molecule has 21 heavy (non-hydrogen) atoms. The van der Waals surface area contributed by atoms with Crippen LogP contribution in [-0.2, 0) is 9.53 Å². The fourth-order valence-corrected chi connectivity index (χ4v) is 1.79. The molecule has 1 atom stereocenters. The van der Waals surface area contributed by atoms with Gasteiger partial charge in [-0.1, -0.05) is 56.3 Å². The Morgan fingerprint density at radius 2 is 1.86 bits per heavy atom. The molecule has 0 fully saturated rings. The van der Waals surface area contributed by atoms with E-state index in [1.165, 1.54) is 6.08 Å². The molecule has 1 aromatic rings. The van der Waals surface area contributed by atoms with Crippen LogP contribution in [0.25, 0.3) is 6.08 Å². The van der Waals surface area contributed by atoms with Crippen LogP contribution in [0.4, 0.5) is 0 Å². The fraction of sp³-hybridized carbons (Fsp3) is 0.389. The molecule has 0 heterocycles. The van der Waals surface area contributed by atoms with E-state index in [0.717, 1.165) is 5.56 Å². The summed E-state index contributed by atoms with van der Waals surface area (Å²) in [7, 11) is 0. The van der Waals surface area contributed by atoms with E-state index in [1.807, 2.05) is 30.3 Å². The van der Waals surface area contributed by atoms with Gasteiger partial charge in [-0.25, -0.2) is 4.79 Å². The lowest BCUT2D eigenvalue weighted by atomic mass is 9.74. The van der Waals surface area contributed by atoms with Gasteiger partial charge in [0.25, 0.3) is 0 Å². The van der Waals surface area contributed by atoms with Crippen LogP contribution in [0.5, 0.6) is 0 Å². The van der Waals surface area contributed by atoms with Gasteiger partial charge < -0.3 is 9.84 Å². The number of hydrogen-bond acceptors (Lipinski definition) is 3. The Hall–Kier alpha value is -1.87. The van der Waals surface area contributed by atoms with E-state index in [9.17, 15) is 9.90 Å². The van der Waals surface area contributed by atoms with Gasteiger partial charge in [0.2, 0.25) is 0 Å². The minimum Gasteiger partial charge on any atom is -0.461 e. The van der Waals surface area contributed by atoms with Gasteiger partial charge in [-0.2, -0.15) is 0 Å². The van der Waals surface area contributed by atoms with Gasteiger partial charge in [-0.15, -0.1) is 6.58 Å². The van der Waals surface area contributed by atoms with Crippen molar-refractivity contribution in [3.63, 3.8) is 0 Å². The van der Waals surface area contributed by atoms with Crippen molar-refractivity contribution >= 4 is 12.0 Å². The maximum absolute atomic E-state index is 12.3. The number of benzene rings is 1. The van der Waals surface area contributed by atoms with Crippen molar-refractivity contribution in [3.05, 3.63) is 54.6 Å². The highest BCUT2D eigenvalue weighted by molar-refractivity contribution is 5.85. The zero-order valence-electron chi connectivity index (χ0n) is 13.2. The van der Waals surface area contributed by atoms with E-state index in [4.69, 9.17) is 4.74 Å². The Kier molecular flexibility index (Phi) is 5.50. The van der Waals surface area contributed by atoms with Crippen molar-refractivity contribution in [2.24, 2.45) is 5.41 Å². The minimum absolute atomic E-state index is 0.297. The van der Waals surface area contributed by atoms with Crippen molar-refractivity contribution in [2.45, 2.75) is 39.4 Å². The van der Waals surface area contributed by atoms with Gasteiger partial charge >= 0.3 is 5.97 Å². The maximum Gasteiger partial charge on any atom is 0.343 e. The molecule has 0 radical (unpaired) electrons. The monoisotopic (exact) mass is 288 g/mol. The molecule has 3 nitrogen and oxygen atoms in total. The van der Waals surface area contributed by atoms with Crippen molar-refractivity contribution in [1.29, 1.82) is 0 Å². The van der Waals surface area contributed by atoms with Crippen molar-refractivity contribution in [2.75, 3.05) is 0 Å². The van der Waals surface area contributed by atoms with E-state index in [1.54, 1.807) is 39.8 Å². The number of carbonyl (C=O) groups excluding carboxylic acids is 1. The summed E-state index contributed by atoms with van der Waals surface area (Å²) in [6.45, 7) is 10.7. The lowest BCUT2D eigenvalue weighted by Gasteiger charge is -2.36. The molecule has 0 aliphatic carbocycles. The van der Waals surface area contributed by atoms with Crippen molar-refractivity contribution < 1.29 is 14.6 Å². The average molecular weight is 288 g/mol. The van der Waals surface area contributed by atoms with Crippen LogP contribution in [0.2, 0.25) is 0 Å². The van der Waals surface area contributed by atoms with Crippen molar-refractivity contribution in [1.82, 2.24) is 0 Å². The van der Waals surface area contributed by atoms with Gasteiger partial charge in [0.15, 0.2) is 5.60 Å². The third kappa shape index (κ3) is 4.05. The largest absolute Gasteiger partial charge is 0.461 e. The maximum atomic E-state index is 12.3. The predicted octanol–water partition coefficient (Wildman–Crippen LogP) is 3.59. The van der Waals surface area contributed by atoms with Crippen LogP contribution in [0.1, 0.15) is 33.3 Å². The second-order valence-corrected chi connectivity index (χ2v) is 5.89. The van der Waals surface area contributed by atoms with Gasteiger partial charge in [0, 0.05) is 5.41 Å². The first-order valence-corrected chi connectivity index (χ1v) is 7.04. The first-order valence-electron chi connectivity index (χ1n) is 7.04. The number of aliphatic hydroxyl groups is 1. The molecule has 0 aliphatic heterocycles. The molecule has 114 valence electrons. The molecule has 3 heteroatoms. The average Bonchev–Trinajstić information content (AvgIpc) is 2.44. The summed E-state index contributed by atoms with van der Waals surface area (Å²) in [6.07, 6.45) is 4.46. The molecule has 0 saturated carbocycles. The molecule has 0 spiro atoms. The highest BCUT2D eigenvalue weighted by Crippen LogP contribution is 2.35. The molecule has 0 aliphatic rings. The first kappa shape index (κ1) is 17.2. The van der Waals surface area contributed by atoms with E-state index >= 15 is 0 Å². The summed E-state index contributed by atoms with van der Waals surface area (Å²) < 4.78 is 5.20. The van der Waals surface area contributed by atoms with Crippen molar-refractivity contribution in [3.8, 4) is 0 Å². The Balaban J connectivity index is 3.17. The zero-order valence-corrected chi connectivity index (χ0v) is 13.2. The Morgan fingerprint density at radius 1 is 1.29 bits per heavy atom. The van der Waals surface area contributed by atoms with Gasteiger partial charge in [-0.3, -0.25) is 0 Å². The minimum atomic E-state index is -1.77. The summed E-state index contributed by atoms with van der Waals surface area (Å²) in [5, 5.41) is 10.9. The van der Waals surface area contributed by atoms with Crippen LogP contribution in [-0.4, -0.2) is 22.8 Å². The zero-order chi connectivity index (χ0) is 16.1. The molecule has 0 amide bonds. The fourth-order valence-electron chi connectivity index (χ4n) is 1.79. The predicted molar refractivity (Wildman–Crippen MR) is 85.6 cm³/mol. The third-order valence-electron chi connectivity index (χ3n) is 3.46. The molecule has 0 bridgehead atoms. The normalized spacial score (nSPS) is 15.0. The number of hydrogen-bond donors (Lipinski definition) is 1. The molecule has 0 aromatic heterocycles. The summed E-state index contributed by atoms with van der Waals surface area (Å²) in [5.74, 6) is -0.672. The Morgan fingerprint density at radius 3 is 2.33 bits per heavy atom. The summed E-state index contributed by atoms with van der Waals surface area (Å²) in [4.78, 5) is 12.3. The summed E-state index contributed by atoms with van der Waals surface area (Å²) in [6, 6.07) is 9.48. The molecular formula is C18H24O3. The molecule has 1 N–H and O–H groups in total. The smallest absolute Gasteiger partial charge is 0.343 e. The summed E-state index contributed by atoms with van der Waals surface area (Å²) in [5.41, 5.74) is -1.73. The first-order chi connectivity index (χ1) is 9.73. The number of rotatable bonds is 6. The second-order valence-electron chi connectivity index (χ2n) is 5.89. The molecule has 0 saturated heterocycles. The molecular weight excluding hydrogens is 264 g/mol. The van der Waals surface area contributed by atoms with Gasteiger partial charge in [0.05, 0.1) is 6.10 Å². The Bertz CT molecular complexity index is 515. The van der Waals surface area contributed by atoms with Crippen LogP contribution >= 0.6 is 0 Å². The SMILES string of the molecule is C=CC(C)(C)[C@](O)(/C=C/c1ccccc1)C(=O)OC(C)C. The van der Waals surface area contributed by atoms with Crippen LogP contribution in [0, 0.1) is 5.41 Å². The van der Waals surface area contributed by atoms with E-state index < -0.39 is 17.0 Å².